The molecule has 0 fully saturated rings. The van der Waals surface area contributed by atoms with Crippen LogP contribution in [-0.2, 0) is 0 Å². The van der Waals surface area contributed by atoms with Crippen LogP contribution >= 0.6 is 0 Å². The van der Waals surface area contributed by atoms with Gasteiger partial charge in [0.2, 0.25) is 0 Å². The van der Waals surface area contributed by atoms with E-state index in [9.17, 15) is 4.39 Å². The Kier molecular flexibility index (Phi) is 3.47. The largest absolute Gasteiger partial charge is 0.398 e. The third-order valence-corrected chi connectivity index (χ3v) is 1.26. The third kappa shape index (κ3) is 2.05. The summed E-state index contributed by atoms with van der Waals surface area (Å²) in [5, 5.41) is 0. The van der Waals surface area contributed by atoms with Crippen LogP contribution in [0.3, 0.4) is 0 Å². The van der Waals surface area contributed by atoms with E-state index in [2.05, 4.69) is 6.58 Å². The minimum atomic E-state index is -0.294. The monoisotopic (exact) mass is 141 g/mol. The Morgan fingerprint density at radius 2 is 2.10 bits per heavy atom. The van der Waals surface area contributed by atoms with Crippen LogP contribution in [0.1, 0.15) is 13.8 Å². The van der Waals surface area contributed by atoms with Gasteiger partial charge in [-0.05, 0) is 19.9 Å². The highest BCUT2D eigenvalue weighted by atomic mass is 19.1. The van der Waals surface area contributed by atoms with E-state index in [0.29, 0.717) is 11.3 Å². The molecule has 10 heavy (non-hydrogen) atoms. The van der Waals surface area contributed by atoms with E-state index in [1.54, 1.807) is 13.8 Å². The van der Waals surface area contributed by atoms with Crippen molar-refractivity contribution in [2.24, 2.45) is 5.73 Å². The molecule has 0 spiro atoms. The van der Waals surface area contributed by atoms with Gasteiger partial charge in [-0.3, -0.25) is 0 Å². The molecule has 0 heterocycles. The third-order valence-electron chi connectivity index (χ3n) is 1.26. The maximum atomic E-state index is 12.6. The molecule has 56 valence electrons. The fourth-order valence-corrected chi connectivity index (χ4v) is 0.507. The lowest BCUT2D eigenvalue weighted by Gasteiger charge is -1.98. The lowest BCUT2D eigenvalue weighted by Crippen LogP contribution is -1.97. The summed E-state index contributed by atoms with van der Waals surface area (Å²) in [7, 11) is 0. The number of hydrogen-bond acceptors (Lipinski definition) is 1. The molecule has 0 radical (unpaired) electrons. The fraction of sp³-hybridized carbons (Fsp3) is 0.250. The summed E-state index contributed by atoms with van der Waals surface area (Å²) in [4.78, 5) is 0. The van der Waals surface area contributed by atoms with Crippen molar-refractivity contribution in [3.63, 3.8) is 0 Å². The van der Waals surface area contributed by atoms with Crippen LogP contribution in [-0.4, -0.2) is 0 Å². The van der Waals surface area contributed by atoms with E-state index in [-0.39, 0.29) is 5.83 Å². The molecule has 0 aromatic rings. The second kappa shape index (κ2) is 3.88. The van der Waals surface area contributed by atoms with Gasteiger partial charge in [0.05, 0.1) is 0 Å². The highest BCUT2D eigenvalue weighted by molar-refractivity contribution is 5.31. The van der Waals surface area contributed by atoms with E-state index in [4.69, 9.17) is 5.73 Å². The molecule has 0 atom stereocenters. The Balaban J connectivity index is 4.63. The first-order valence-corrected chi connectivity index (χ1v) is 3.04. The quantitative estimate of drug-likeness (QED) is 0.586. The molecule has 2 N–H and O–H groups in total. The van der Waals surface area contributed by atoms with Crippen molar-refractivity contribution in [3.05, 3.63) is 35.8 Å². The molecule has 0 aliphatic carbocycles. The van der Waals surface area contributed by atoms with Crippen LogP contribution in [0.2, 0.25) is 0 Å². The molecule has 0 bridgehead atoms. The Morgan fingerprint density at radius 3 is 2.40 bits per heavy atom. The fourth-order valence-electron chi connectivity index (χ4n) is 0.507. The first kappa shape index (κ1) is 8.95. The smallest absolute Gasteiger partial charge is 0.123 e. The number of rotatable bonds is 2. The van der Waals surface area contributed by atoms with Gasteiger partial charge in [-0.1, -0.05) is 12.7 Å². The van der Waals surface area contributed by atoms with Gasteiger partial charge in [0, 0.05) is 11.3 Å². The lowest BCUT2D eigenvalue weighted by atomic mass is 10.2. The molecule has 0 saturated carbocycles. The van der Waals surface area contributed by atoms with E-state index in [0.717, 1.165) is 0 Å². The average Bonchev–Trinajstić information content (AvgIpc) is 2.00. The summed E-state index contributed by atoms with van der Waals surface area (Å²) in [6, 6.07) is 0. The van der Waals surface area contributed by atoms with Crippen LogP contribution in [0.4, 0.5) is 4.39 Å². The summed E-state index contributed by atoms with van der Waals surface area (Å²) in [6.07, 6.45) is 2.80. The Hall–Kier alpha value is -1.05. The summed E-state index contributed by atoms with van der Waals surface area (Å²) in [5.41, 5.74) is 6.20. The molecule has 0 aromatic carbocycles. The predicted molar refractivity (Wildman–Crippen MR) is 41.9 cm³/mol. The van der Waals surface area contributed by atoms with Gasteiger partial charge in [0.1, 0.15) is 5.83 Å². The van der Waals surface area contributed by atoms with E-state index >= 15 is 0 Å². The van der Waals surface area contributed by atoms with Crippen LogP contribution in [0, 0.1) is 0 Å². The first-order valence-electron chi connectivity index (χ1n) is 3.04. The maximum absolute atomic E-state index is 12.6. The molecule has 2 heteroatoms. The second-order valence-electron chi connectivity index (χ2n) is 1.92. The van der Waals surface area contributed by atoms with Crippen molar-refractivity contribution in [1.82, 2.24) is 0 Å². The standard InChI is InChI=1S/C8H12FN/c1-4-7(9)6(3)8(10)5-2/h4-5H,2,10H2,1,3H3/b7-4+,8-6+. The van der Waals surface area contributed by atoms with Crippen LogP contribution < -0.4 is 5.73 Å². The maximum Gasteiger partial charge on any atom is 0.123 e. The summed E-state index contributed by atoms with van der Waals surface area (Å²) < 4.78 is 12.6. The molecular weight excluding hydrogens is 129 g/mol. The molecule has 0 aliphatic rings. The van der Waals surface area contributed by atoms with Gasteiger partial charge in [-0.25, -0.2) is 4.39 Å². The van der Waals surface area contributed by atoms with Gasteiger partial charge in [0.15, 0.2) is 0 Å². The molecule has 0 amide bonds. The minimum absolute atomic E-state index is 0.294. The van der Waals surface area contributed by atoms with Gasteiger partial charge in [-0.2, -0.15) is 0 Å². The zero-order chi connectivity index (χ0) is 8.15. The van der Waals surface area contributed by atoms with Gasteiger partial charge in [0.25, 0.3) is 0 Å². The van der Waals surface area contributed by atoms with E-state index in [1.807, 2.05) is 0 Å². The van der Waals surface area contributed by atoms with Gasteiger partial charge < -0.3 is 5.73 Å². The van der Waals surface area contributed by atoms with E-state index in [1.165, 1.54) is 12.2 Å². The molecule has 0 rings (SSSR count). The number of nitrogens with two attached hydrogens (primary N) is 1. The zero-order valence-electron chi connectivity index (χ0n) is 6.32. The Labute approximate surface area is 60.7 Å². The van der Waals surface area contributed by atoms with Crippen molar-refractivity contribution < 1.29 is 4.39 Å². The zero-order valence-corrected chi connectivity index (χ0v) is 6.32. The van der Waals surface area contributed by atoms with Crippen molar-refractivity contribution in [1.29, 1.82) is 0 Å². The number of hydrogen-bond donors (Lipinski definition) is 1. The van der Waals surface area contributed by atoms with Crippen molar-refractivity contribution >= 4 is 0 Å². The number of allylic oxidation sites excluding steroid dienone is 4. The first-order chi connectivity index (χ1) is 4.63. The second-order valence-corrected chi connectivity index (χ2v) is 1.92. The van der Waals surface area contributed by atoms with Crippen molar-refractivity contribution in [2.75, 3.05) is 0 Å². The Morgan fingerprint density at radius 1 is 1.60 bits per heavy atom. The lowest BCUT2D eigenvalue weighted by molar-refractivity contribution is 0.647. The molecule has 0 saturated heterocycles. The molecule has 0 aromatic heterocycles. The minimum Gasteiger partial charge on any atom is -0.398 e. The van der Waals surface area contributed by atoms with Gasteiger partial charge in [-0.15, -0.1) is 0 Å². The molecular formula is C8H12FN. The summed E-state index contributed by atoms with van der Waals surface area (Å²) >= 11 is 0. The Bertz CT molecular complexity index is 189. The van der Waals surface area contributed by atoms with Crippen LogP contribution in [0.15, 0.2) is 35.8 Å². The predicted octanol–water partition coefficient (Wildman–Crippen LogP) is 2.28. The summed E-state index contributed by atoms with van der Waals surface area (Å²) in [5.74, 6) is -0.294. The van der Waals surface area contributed by atoms with Crippen molar-refractivity contribution in [3.8, 4) is 0 Å². The number of halogens is 1. The van der Waals surface area contributed by atoms with E-state index < -0.39 is 0 Å². The van der Waals surface area contributed by atoms with Crippen LogP contribution in [0.25, 0.3) is 0 Å². The highest BCUT2D eigenvalue weighted by Gasteiger charge is 1.98. The van der Waals surface area contributed by atoms with Crippen LogP contribution in [0.5, 0.6) is 0 Å². The molecule has 1 nitrogen and oxygen atoms in total. The molecule has 0 aliphatic heterocycles. The van der Waals surface area contributed by atoms with Gasteiger partial charge >= 0.3 is 0 Å². The highest BCUT2D eigenvalue weighted by Crippen LogP contribution is 2.12. The SMILES string of the molecule is C=C/C(N)=C(C)\C(F)=C/C. The van der Waals surface area contributed by atoms with Crippen molar-refractivity contribution in [2.45, 2.75) is 13.8 Å². The summed E-state index contributed by atoms with van der Waals surface area (Å²) in [6.45, 7) is 6.66. The normalized spacial score (nSPS) is 14.5. The molecule has 0 unspecified atom stereocenters. The topological polar surface area (TPSA) is 26.0 Å². The average molecular weight is 141 g/mol.